The van der Waals surface area contributed by atoms with Crippen LogP contribution in [0, 0.1) is 23.7 Å². The molecule has 2 aliphatic carbocycles. The summed E-state index contributed by atoms with van der Waals surface area (Å²) in [6.45, 7) is 1.69. The van der Waals surface area contributed by atoms with Gasteiger partial charge in [-0.25, -0.2) is 4.98 Å². The normalized spacial score (nSPS) is 27.7. The summed E-state index contributed by atoms with van der Waals surface area (Å²) in [5.74, 6) is 1.06. The lowest BCUT2D eigenvalue weighted by Crippen LogP contribution is -2.39. The predicted molar refractivity (Wildman–Crippen MR) is 114 cm³/mol. The van der Waals surface area contributed by atoms with Crippen LogP contribution < -0.4 is 15.5 Å². The zero-order valence-corrected chi connectivity index (χ0v) is 17.9. The molecule has 156 valence electrons. The molecule has 0 spiro atoms. The number of imide groups is 1. The number of likely N-dealkylation sites (tertiary alicyclic amines) is 1. The Balaban J connectivity index is 1.21. The Kier molecular flexibility index (Phi) is 5.58. The van der Waals surface area contributed by atoms with Crippen LogP contribution in [0.3, 0.4) is 0 Å². The number of hydrogen-bond acceptors (Lipinski definition) is 6. The highest BCUT2D eigenvalue weighted by Crippen LogP contribution is 2.52. The molecule has 4 unspecified atom stereocenters. The largest absolute Gasteiger partial charge is 0.356 e. The van der Waals surface area contributed by atoms with Crippen molar-refractivity contribution in [1.82, 2.24) is 20.5 Å². The number of rotatable bonds is 7. The number of nitrogens with one attached hydrogen (secondary N) is 2. The van der Waals surface area contributed by atoms with Gasteiger partial charge in [0.25, 0.3) is 0 Å². The minimum absolute atomic E-state index is 0.0274. The molecule has 2 amide bonds. The molecule has 4 atom stereocenters. The minimum Gasteiger partial charge on any atom is -0.356 e. The quantitative estimate of drug-likeness (QED) is 0.227. The van der Waals surface area contributed by atoms with E-state index in [-0.39, 0.29) is 35.5 Å². The van der Waals surface area contributed by atoms with Gasteiger partial charge in [-0.05, 0) is 24.7 Å². The zero-order chi connectivity index (χ0) is 20.5. The standard InChI is InChI=1S/C20H28N6O2S/c1-21-19(23-10-14-11-29-20(24-14)25(2)3)22-7-4-8-26-17(27)15-12-5-6-13(9-12)16(15)18(26)28/h5-6,11-13,15-16H,4,7-10H2,1-3H3,(H2,21,22,23). The molecule has 9 heteroatoms. The zero-order valence-electron chi connectivity index (χ0n) is 17.1. The molecule has 2 N–H and O–H groups in total. The molecule has 2 fully saturated rings. The summed E-state index contributed by atoms with van der Waals surface area (Å²) >= 11 is 1.61. The van der Waals surface area contributed by atoms with Gasteiger partial charge in [-0.3, -0.25) is 19.5 Å². The number of amides is 2. The van der Waals surface area contributed by atoms with E-state index in [4.69, 9.17) is 0 Å². The summed E-state index contributed by atoms with van der Waals surface area (Å²) in [6, 6.07) is 0. The third kappa shape index (κ3) is 3.75. The van der Waals surface area contributed by atoms with Crippen LogP contribution in [0.5, 0.6) is 0 Å². The summed E-state index contributed by atoms with van der Waals surface area (Å²) in [5.41, 5.74) is 0.963. The van der Waals surface area contributed by atoms with Crippen molar-refractivity contribution in [3.63, 3.8) is 0 Å². The monoisotopic (exact) mass is 416 g/mol. The Bertz CT molecular complexity index is 818. The van der Waals surface area contributed by atoms with Crippen LogP contribution in [0.25, 0.3) is 0 Å². The lowest BCUT2D eigenvalue weighted by Gasteiger charge is -2.18. The van der Waals surface area contributed by atoms with Crippen LogP contribution >= 0.6 is 11.3 Å². The van der Waals surface area contributed by atoms with Crippen LogP contribution in [0.1, 0.15) is 18.5 Å². The first-order valence-electron chi connectivity index (χ1n) is 10.1. The number of carbonyl (C=O) groups excluding carboxylic acids is 2. The first kappa shape index (κ1) is 19.9. The fourth-order valence-electron chi connectivity index (χ4n) is 4.61. The van der Waals surface area contributed by atoms with Gasteiger partial charge < -0.3 is 15.5 Å². The van der Waals surface area contributed by atoms with Crippen molar-refractivity contribution >= 4 is 34.2 Å². The Hall–Kier alpha value is -2.42. The minimum atomic E-state index is -0.106. The van der Waals surface area contributed by atoms with Gasteiger partial charge in [-0.15, -0.1) is 11.3 Å². The van der Waals surface area contributed by atoms with Gasteiger partial charge in [-0.2, -0.15) is 0 Å². The second-order valence-electron chi connectivity index (χ2n) is 8.05. The lowest BCUT2D eigenvalue weighted by atomic mass is 9.85. The van der Waals surface area contributed by atoms with Crippen molar-refractivity contribution in [2.75, 3.05) is 39.1 Å². The van der Waals surface area contributed by atoms with Crippen molar-refractivity contribution in [3.05, 3.63) is 23.2 Å². The van der Waals surface area contributed by atoms with Crippen molar-refractivity contribution in [3.8, 4) is 0 Å². The van der Waals surface area contributed by atoms with Gasteiger partial charge in [0.2, 0.25) is 11.8 Å². The van der Waals surface area contributed by atoms with Crippen LogP contribution in [0.2, 0.25) is 0 Å². The van der Waals surface area contributed by atoms with Crippen LogP contribution in [0.15, 0.2) is 22.5 Å². The number of allylic oxidation sites excluding steroid dienone is 2. The molecule has 1 saturated carbocycles. The average Bonchev–Trinajstić information content (AvgIpc) is 3.47. The molecule has 1 saturated heterocycles. The summed E-state index contributed by atoms with van der Waals surface area (Å²) in [5, 5.41) is 9.49. The molecule has 4 rings (SSSR count). The molecule has 8 nitrogen and oxygen atoms in total. The van der Waals surface area contributed by atoms with E-state index in [0.717, 1.165) is 17.2 Å². The van der Waals surface area contributed by atoms with Gasteiger partial charge in [0.05, 0.1) is 24.1 Å². The summed E-state index contributed by atoms with van der Waals surface area (Å²) in [6.07, 6.45) is 5.92. The number of anilines is 1. The molecule has 2 heterocycles. The fraction of sp³-hybridized carbons (Fsp3) is 0.600. The van der Waals surface area contributed by atoms with Gasteiger partial charge in [-0.1, -0.05) is 12.2 Å². The molecule has 29 heavy (non-hydrogen) atoms. The predicted octanol–water partition coefficient (Wildman–Crippen LogP) is 1.07. The van der Waals surface area contributed by atoms with Crippen molar-refractivity contribution in [2.45, 2.75) is 19.4 Å². The van der Waals surface area contributed by atoms with Gasteiger partial charge >= 0.3 is 0 Å². The third-order valence-electron chi connectivity index (χ3n) is 6.00. The lowest BCUT2D eigenvalue weighted by molar-refractivity contribution is -0.140. The molecule has 0 radical (unpaired) electrons. The number of hydrogen-bond donors (Lipinski definition) is 2. The Morgan fingerprint density at radius 3 is 2.52 bits per heavy atom. The topological polar surface area (TPSA) is 89.9 Å². The number of nitrogens with zero attached hydrogens (tertiary/aromatic N) is 4. The Morgan fingerprint density at radius 2 is 1.93 bits per heavy atom. The maximum atomic E-state index is 12.7. The van der Waals surface area contributed by atoms with E-state index >= 15 is 0 Å². The average molecular weight is 417 g/mol. The van der Waals surface area contributed by atoms with E-state index in [2.05, 4.69) is 32.8 Å². The van der Waals surface area contributed by atoms with E-state index in [1.165, 1.54) is 4.90 Å². The summed E-state index contributed by atoms with van der Waals surface area (Å²) < 4.78 is 0. The van der Waals surface area contributed by atoms with E-state index in [1.807, 2.05) is 24.4 Å². The van der Waals surface area contributed by atoms with Crippen molar-refractivity contribution < 1.29 is 9.59 Å². The Morgan fingerprint density at radius 1 is 1.24 bits per heavy atom. The number of thiazole rings is 1. The second kappa shape index (κ2) is 8.14. The maximum absolute atomic E-state index is 12.7. The van der Waals surface area contributed by atoms with Crippen LogP contribution in [-0.4, -0.2) is 61.9 Å². The molecule has 0 aromatic carbocycles. The molecule has 3 aliphatic rings. The van der Waals surface area contributed by atoms with Crippen molar-refractivity contribution in [2.24, 2.45) is 28.7 Å². The van der Waals surface area contributed by atoms with Gasteiger partial charge in [0, 0.05) is 39.6 Å². The van der Waals surface area contributed by atoms with Crippen molar-refractivity contribution in [1.29, 1.82) is 0 Å². The highest BCUT2D eigenvalue weighted by Gasteiger charge is 2.58. The smallest absolute Gasteiger partial charge is 0.233 e. The van der Waals surface area contributed by atoms with E-state index in [0.29, 0.717) is 32.0 Å². The molecule has 2 bridgehead atoms. The van der Waals surface area contributed by atoms with Gasteiger partial charge in [0.1, 0.15) is 0 Å². The molecule has 1 aromatic heterocycles. The highest BCUT2D eigenvalue weighted by molar-refractivity contribution is 7.13. The number of guanidine groups is 1. The number of carbonyl (C=O) groups is 2. The number of fused-ring (bicyclic) bond motifs is 5. The van der Waals surface area contributed by atoms with Crippen LogP contribution in [-0.2, 0) is 16.1 Å². The second-order valence-corrected chi connectivity index (χ2v) is 8.89. The number of aliphatic imine (C=N–C) groups is 1. The molecule has 1 aliphatic heterocycles. The number of aromatic nitrogens is 1. The molecular weight excluding hydrogens is 388 g/mol. The molecular formula is C20H28N6O2S. The van der Waals surface area contributed by atoms with E-state index in [1.54, 1.807) is 18.4 Å². The summed E-state index contributed by atoms with van der Waals surface area (Å²) in [7, 11) is 5.67. The SMILES string of the molecule is CN=C(NCCCN1C(=O)C2C3C=CC(C3)C2C1=O)NCc1csc(N(C)C)n1. The maximum Gasteiger partial charge on any atom is 0.233 e. The van der Waals surface area contributed by atoms with E-state index in [9.17, 15) is 9.59 Å². The van der Waals surface area contributed by atoms with Gasteiger partial charge in [0.15, 0.2) is 11.1 Å². The Labute approximate surface area is 175 Å². The first-order valence-corrected chi connectivity index (χ1v) is 11.0. The van der Waals surface area contributed by atoms with E-state index < -0.39 is 0 Å². The fourth-order valence-corrected chi connectivity index (χ4v) is 5.36. The first-order chi connectivity index (χ1) is 14.0. The summed E-state index contributed by atoms with van der Waals surface area (Å²) in [4.78, 5) is 37.6. The third-order valence-corrected chi connectivity index (χ3v) is 7.05. The molecule has 1 aromatic rings. The van der Waals surface area contributed by atoms with Crippen LogP contribution in [0.4, 0.5) is 5.13 Å². The highest BCUT2D eigenvalue weighted by atomic mass is 32.1.